The van der Waals surface area contributed by atoms with Gasteiger partial charge in [0.2, 0.25) is 15.9 Å². The Morgan fingerprint density at radius 3 is 2.41 bits per heavy atom. The predicted molar refractivity (Wildman–Crippen MR) is 106 cm³/mol. The van der Waals surface area contributed by atoms with E-state index in [1.54, 1.807) is 12.1 Å². The van der Waals surface area contributed by atoms with Crippen molar-refractivity contribution < 1.29 is 27.5 Å². The number of esters is 1. The zero-order chi connectivity index (χ0) is 21.2. The molecule has 2 saturated heterocycles. The maximum Gasteiger partial charge on any atom is 0.339 e. The van der Waals surface area contributed by atoms with Crippen LogP contribution in [0.5, 0.6) is 0 Å². The molecule has 160 valence electrons. The average Bonchev–Trinajstić information content (AvgIpc) is 2.72. The zero-order valence-electron chi connectivity index (χ0n) is 17.1. The Balaban J connectivity index is 1.72. The Kier molecular flexibility index (Phi) is 6.30. The molecule has 2 heterocycles. The largest absolute Gasteiger partial charge is 0.465 e. The van der Waals surface area contributed by atoms with Gasteiger partial charge in [-0.2, -0.15) is 4.31 Å². The van der Waals surface area contributed by atoms with E-state index in [0.29, 0.717) is 32.6 Å². The Hall–Kier alpha value is -1.97. The van der Waals surface area contributed by atoms with Gasteiger partial charge in [-0.25, -0.2) is 13.2 Å². The fraction of sp³-hybridized carbons (Fsp3) is 0.600. The van der Waals surface area contributed by atoms with Gasteiger partial charge in [-0.1, -0.05) is 12.1 Å². The number of rotatable bonds is 4. The molecular weight excluding hydrogens is 396 g/mol. The first-order chi connectivity index (χ1) is 13.7. The van der Waals surface area contributed by atoms with Gasteiger partial charge in [-0.05, 0) is 38.8 Å². The van der Waals surface area contributed by atoms with Crippen molar-refractivity contribution >= 4 is 21.9 Å². The minimum absolute atomic E-state index is 0.0169. The maximum absolute atomic E-state index is 13.1. The van der Waals surface area contributed by atoms with E-state index in [0.717, 1.165) is 0 Å². The minimum atomic E-state index is -3.86. The number of ether oxygens (including phenoxy) is 2. The molecule has 3 rings (SSSR count). The van der Waals surface area contributed by atoms with Crippen molar-refractivity contribution in [2.45, 2.75) is 37.1 Å². The summed E-state index contributed by atoms with van der Waals surface area (Å²) in [5.41, 5.74) is -0.346. The molecule has 1 amide bonds. The van der Waals surface area contributed by atoms with Gasteiger partial charge in [-0.15, -0.1) is 0 Å². The third kappa shape index (κ3) is 4.31. The van der Waals surface area contributed by atoms with Gasteiger partial charge >= 0.3 is 5.97 Å². The summed E-state index contributed by atoms with van der Waals surface area (Å²) in [6, 6.07) is 6.03. The molecule has 0 bridgehead atoms. The molecule has 0 saturated carbocycles. The number of hydrogen-bond donors (Lipinski definition) is 0. The summed E-state index contributed by atoms with van der Waals surface area (Å²) in [7, 11) is -2.64. The topological polar surface area (TPSA) is 93.2 Å². The van der Waals surface area contributed by atoms with Crippen molar-refractivity contribution in [3.8, 4) is 0 Å². The highest BCUT2D eigenvalue weighted by molar-refractivity contribution is 7.89. The maximum atomic E-state index is 13.1. The van der Waals surface area contributed by atoms with Crippen LogP contribution in [0.15, 0.2) is 29.2 Å². The van der Waals surface area contributed by atoms with Crippen molar-refractivity contribution in [3.63, 3.8) is 0 Å². The van der Waals surface area contributed by atoms with E-state index in [4.69, 9.17) is 9.47 Å². The van der Waals surface area contributed by atoms with Crippen LogP contribution in [0.3, 0.4) is 0 Å². The second-order valence-corrected chi connectivity index (χ2v) is 9.93. The van der Waals surface area contributed by atoms with Gasteiger partial charge < -0.3 is 14.4 Å². The lowest BCUT2D eigenvalue weighted by molar-refractivity contribution is -0.151. The summed E-state index contributed by atoms with van der Waals surface area (Å²) in [4.78, 5) is 26.8. The van der Waals surface area contributed by atoms with Crippen molar-refractivity contribution in [2.24, 2.45) is 5.92 Å². The van der Waals surface area contributed by atoms with Gasteiger partial charge in [0.1, 0.15) is 0 Å². The molecule has 1 aromatic carbocycles. The molecule has 1 aromatic rings. The summed E-state index contributed by atoms with van der Waals surface area (Å²) in [6.45, 7) is 6.00. The number of carbonyl (C=O) groups is 2. The van der Waals surface area contributed by atoms with Crippen LogP contribution in [0.4, 0.5) is 0 Å². The Labute approximate surface area is 171 Å². The highest BCUT2D eigenvalue weighted by atomic mass is 32.2. The lowest BCUT2D eigenvalue weighted by atomic mass is 9.93. The van der Waals surface area contributed by atoms with Crippen LogP contribution in [-0.2, 0) is 24.3 Å². The lowest BCUT2D eigenvalue weighted by Gasteiger charge is -2.44. The third-order valence-electron chi connectivity index (χ3n) is 5.62. The molecule has 8 nitrogen and oxygen atoms in total. The number of amides is 1. The molecule has 0 spiro atoms. The number of nitrogens with zero attached hydrogens (tertiary/aromatic N) is 2. The highest BCUT2D eigenvalue weighted by Gasteiger charge is 2.40. The Morgan fingerprint density at radius 1 is 1.14 bits per heavy atom. The van der Waals surface area contributed by atoms with Gasteiger partial charge in [0.15, 0.2) is 0 Å². The van der Waals surface area contributed by atoms with E-state index < -0.39 is 16.0 Å². The molecule has 0 aliphatic carbocycles. The minimum Gasteiger partial charge on any atom is -0.465 e. The summed E-state index contributed by atoms with van der Waals surface area (Å²) in [6.07, 6.45) is 0.901. The molecule has 0 N–H and O–H groups in total. The predicted octanol–water partition coefficient (Wildman–Crippen LogP) is 1.51. The first kappa shape index (κ1) is 21.7. The van der Waals surface area contributed by atoms with E-state index in [1.807, 2.05) is 18.7 Å². The van der Waals surface area contributed by atoms with Crippen LogP contribution in [0, 0.1) is 5.92 Å². The monoisotopic (exact) mass is 424 g/mol. The fourth-order valence-corrected chi connectivity index (χ4v) is 5.59. The number of methoxy groups -OCH3 is 1. The van der Waals surface area contributed by atoms with Crippen molar-refractivity contribution in [3.05, 3.63) is 29.8 Å². The number of benzene rings is 1. The third-order valence-corrected chi connectivity index (χ3v) is 7.58. The van der Waals surface area contributed by atoms with Crippen LogP contribution in [0.25, 0.3) is 0 Å². The van der Waals surface area contributed by atoms with Crippen LogP contribution < -0.4 is 0 Å². The first-order valence-electron chi connectivity index (χ1n) is 9.75. The van der Waals surface area contributed by atoms with E-state index >= 15 is 0 Å². The molecule has 9 heteroatoms. The van der Waals surface area contributed by atoms with Gasteiger partial charge in [0.05, 0.1) is 36.3 Å². The van der Waals surface area contributed by atoms with E-state index in [-0.39, 0.29) is 40.9 Å². The molecular formula is C20H28N2O6S. The average molecular weight is 425 g/mol. The summed E-state index contributed by atoms with van der Waals surface area (Å²) in [5, 5.41) is 0. The number of carbonyl (C=O) groups excluding carboxylic acids is 2. The summed E-state index contributed by atoms with van der Waals surface area (Å²) in [5.74, 6) is -0.844. The standard InChI is InChI=1S/C20H28N2O6S/c1-20(2)14-28-13-12-22(20)18(23)15-8-10-21(11-9-15)29(25,26)17-7-5-4-6-16(17)19(24)27-3/h4-7,15H,8-14H2,1-3H3. The van der Waals surface area contributed by atoms with Crippen molar-refractivity contribution in [2.75, 3.05) is 40.0 Å². The molecule has 0 radical (unpaired) electrons. The second-order valence-electron chi connectivity index (χ2n) is 8.02. The molecule has 0 atom stereocenters. The highest BCUT2D eigenvalue weighted by Crippen LogP contribution is 2.29. The number of sulfonamides is 1. The number of morpholine rings is 1. The smallest absolute Gasteiger partial charge is 0.339 e. The van der Waals surface area contributed by atoms with Gasteiger partial charge in [-0.3, -0.25) is 4.79 Å². The normalized spacial score (nSPS) is 21.0. The number of hydrogen-bond acceptors (Lipinski definition) is 6. The number of piperidine rings is 1. The first-order valence-corrected chi connectivity index (χ1v) is 11.2. The van der Waals surface area contributed by atoms with Gasteiger partial charge in [0, 0.05) is 25.6 Å². The van der Waals surface area contributed by atoms with E-state index in [2.05, 4.69) is 0 Å². The molecule has 0 unspecified atom stereocenters. The van der Waals surface area contributed by atoms with Crippen LogP contribution in [0.1, 0.15) is 37.0 Å². The Morgan fingerprint density at radius 2 is 1.79 bits per heavy atom. The molecule has 29 heavy (non-hydrogen) atoms. The molecule has 2 fully saturated rings. The second kappa shape index (κ2) is 8.41. The molecule has 0 aromatic heterocycles. The molecule has 2 aliphatic heterocycles. The Bertz CT molecular complexity index is 875. The van der Waals surface area contributed by atoms with E-state index in [1.165, 1.54) is 23.5 Å². The van der Waals surface area contributed by atoms with Crippen LogP contribution >= 0.6 is 0 Å². The van der Waals surface area contributed by atoms with Crippen molar-refractivity contribution in [1.82, 2.24) is 9.21 Å². The zero-order valence-corrected chi connectivity index (χ0v) is 17.9. The van der Waals surface area contributed by atoms with Crippen LogP contribution in [0.2, 0.25) is 0 Å². The quantitative estimate of drug-likeness (QED) is 0.681. The summed E-state index contributed by atoms with van der Waals surface area (Å²) >= 11 is 0. The summed E-state index contributed by atoms with van der Waals surface area (Å²) < 4.78 is 37.8. The van der Waals surface area contributed by atoms with Gasteiger partial charge in [0.25, 0.3) is 0 Å². The molecule has 2 aliphatic rings. The van der Waals surface area contributed by atoms with Crippen LogP contribution in [-0.4, -0.2) is 75.0 Å². The van der Waals surface area contributed by atoms with E-state index in [9.17, 15) is 18.0 Å². The SMILES string of the molecule is COC(=O)c1ccccc1S(=O)(=O)N1CCC(C(=O)N2CCOCC2(C)C)CC1. The fourth-order valence-electron chi connectivity index (χ4n) is 3.94. The lowest BCUT2D eigenvalue weighted by Crippen LogP contribution is -2.58. The van der Waals surface area contributed by atoms with Crippen molar-refractivity contribution in [1.29, 1.82) is 0 Å².